The first-order valence-corrected chi connectivity index (χ1v) is 15.9. The molecule has 1 aliphatic rings. The van der Waals surface area contributed by atoms with Gasteiger partial charge in [0.15, 0.2) is 12.4 Å². The molecular formula is C24H30Cl2N6O7Si. The van der Waals surface area contributed by atoms with E-state index in [9.17, 15) is 19.5 Å². The molecule has 2 aromatic rings. The van der Waals surface area contributed by atoms with Crippen LogP contribution in [0.2, 0.25) is 28.2 Å². The number of nitrogens with zero attached hydrogens (tertiary/aromatic N) is 5. The van der Waals surface area contributed by atoms with Crippen LogP contribution in [0.5, 0.6) is 5.75 Å². The van der Waals surface area contributed by atoms with Gasteiger partial charge in [-0.2, -0.15) is 0 Å². The largest absolute Gasteiger partial charge is 0.542 e. The van der Waals surface area contributed by atoms with Gasteiger partial charge in [-0.05, 0) is 29.7 Å². The number of aliphatic hydroxyl groups is 1. The first kappa shape index (κ1) is 31.4. The monoisotopic (exact) mass is 612 g/mol. The minimum absolute atomic E-state index is 0.0581. The van der Waals surface area contributed by atoms with E-state index < -0.39 is 44.6 Å². The number of halogens is 2. The summed E-state index contributed by atoms with van der Waals surface area (Å²) in [4.78, 5) is 46.5. The van der Waals surface area contributed by atoms with Gasteiger partial charge in [-0.15, -0.1) is 0 Å². The number of aldehydes is 1. The van der Waals surface area contributed by atoms with E-state index in [4.69, 9.17) is 42.7 Å². The third-order valence-electron chi connectivity index (χ3n) is 6.92. The predicted octanol–water partition coefficient (Wildman–Crippen LogP) is 4.55. The molecule has 3 rings (SSSR count). The van der Waals surface area contributed by atoms with Gasteiger partial charge in [-0.3, -0.25) is 19.1 Å². The van der Waals surface area contributed by atoms with E-state index >= 15 is 0 Å². The number of oxime groups is 1. The summed E-state index contributed by atoms with van der Waals surface area (Å²) in [7, 11) is -2.37. The number of benzene rings is 1. The smallest absolute Gasteiger partial charge is 0.330 e. The first-order chi connectivity index (χ1) is 18.7. The molecule has 1 unspecified atom stereocenters. The molecule has 1 aromatic carbocycles. The van der Waals surface area contributed by atoms with Crippen molar-refractivity contribution >= 4 is 44.0 Å². The molecule has 2 heterocycles. The molecule has 2 N–H and O–H groups in total. The summed E-state index contributed by atoms with van der Waals surface area (Å²) in [6.45, 7) is 9.48. The Bertz CT molecular complexity index is 1460. The lowest BCUT2D eigenvalue weighted by Crippen LogP contribution is -2.44. The lowest BCUT2D eigenvalue weighted by molar-refractivity contribution is -0.0613. The number of hydrogen-bond acceptors (Lipinski definition) is 9. The number of carbonyl (C=O) groups excluding carboxylic acids is 1. The van der Waals surface area contributed by atoms with Crippen LogP contribution in [0.1, 0.15) is 54.9 Å². The van der Waals surface area contributed by atoms with Crippen LogP contribution in [-0.2, 0) is 16.1 Å². The van der Waals surface area contributed by atoms with E-state index in [0.29, 0.717) is 6.29 Å². The fourth-order valence-electron chi connectivity index (χ4n) is 3.62. The number of nitrogens with one attached hydrogen (secondary N) is 1. The number of carbonyl (C=O) groups is 1. The summed E-state index contributed by atoms with van der Waals surface area (Å²) in [5, 5.41) is 17.2. The van der Waals surface area contributed by atoms with Gasteiger partial charge in [-0.1, -0.05) is 54.2 Å². The third kappa shape index (κ3) is 6.77. The highest BCUT2D eigenvalue weighted by atomic mass is 35.5. The maximum absolute atomic E-state index is 12.4. The molecule has 0 aliphatic carbocycles. The van der Waals surface area contributed by atoms with Crippen molar-refractivity contribution in [3.8, 4) is 5.75 Å². The third-order valence-corrected chi connectivity index (χ3v) is 11.9. The normalized spacial score (nSPS) is 19.4. The highest BCUT2D eigenvalue weighted by molar-refractivity contribution is 6.75. The van der Waals surface area contributed by atoms with Gasteiger partial charge in [-0.25, -0.2) is 4.79 Å². The molecule has 0 radical (unpaired) electrons. The van der Waals surface area contributed by atoms with Crippen LogP contribution >= 0.6 is 23.2 Å². The van der Waals surface area contributed by atoms with E-state index in [2.05, 4.69) is 40.9 Å². The molecule has 13 nitrogen and oxygen atoms in total. The van der Waals surface area contributed by atoms with Crippen molar-refractivity contribution in [3.63, 3.8) is 0 Å². The van der Waals surface area contributed by atoms with Gasteiger partial charge in [0, 0.05) is 28.7 Å². The van der Waals surface area contributed by atoms with Crippen molar-refractivity contribution in [2.75, 3.05) is 6.61 Å². The minimum Gasteiger partial charge on any atom is -0.542 e. The fourth-order valence-corrected chi connectivity index (χ4v) is 5.33. The molecule has 0 saturated carbocycles. The Labute approximate surface area is 240 Å². The number of aliphatic hydroxyl groups excluding tert-OH is 1. The number of aromatic nitrogens is 2. The van der Waals surface area contributed by atoms with E-state index in [-0.39, 0.29) is 50.5 Å². The van der Waals surface area contributed by atoms with E-state index in [1.807, 2.05) is 13.1 Å². The van der Waals surface area contributed by atoms with Crippen molar-refractivity contribution in [2.45, 2.75) is 70.3 Å². The minimum atomic E-state index is -2.37. The molecule has 1 fully saturated rings. The highest BCUT2D eigenvalue weighted by Gasteiger charge is 2.41. The quantitative estimate of drug-likeness (QED) is 0.0750. The summed E-state index contributed by atoms with van der Waals surface area (Å²) in [6.07, 6.45) is 0.650. The van der Waals surface area contributed by atoms with E-state index in [1.165, 1.54) is 18.5 Å². The number of azide groups is 1. The Morgan fingerprint density at radius 2 is 2.05 bits per heavy atom. The second kappa shape index (κ2) is 12.6. The zero-order valence-electron chi connectivity index (χ0n) is 22.6. The lowest BCUT2D eigenvalue weighted by Gasteiger charge is -2.37. The van der Waals surface area contributed by atoms with Gasteiger partial charge in [0.25, 0.3) is 13.9 Å². The summed E-state index contributed by atoms with van der Waals surface area (Å²) < 4.78 is 13.2. The van der Waals surface area contributed by atoms with Crippen LogP contribution in [0, 0.1) is 0 Å². The van der Waals surface area contributed by atoms with Gasteiger partial charge in [0.2, 0.25) is 0 Å². The zero-order chi connectivity index (χ0) is 29.8. The molecule has 40 heavy (non-hydrogen) atoms. The summed E-state index contributed by atoms with van der Waals surface area (Å²) in [6, 6.07) is 1.44. The van der Waals surface area contributed by atoms with Crippen molar-refractivity contribution in [1.82, 2.24) is 9.55 Å². The Balaban J connectivity index is 1.86. The predicted molar refractivity (Wildman–Crippen MR) is 152 cm³/mol. The fraction of sp³-hybridized carbons (Fsp3) is 0.500. The SMILES string of the molecule is CC(C)(C)[Si](C)(C)Oc1c(C=O)cc(Cl)c(/C=N/OC2C[C@H](n3cc(CN=[N+]=[N-])c(=O)[nH]c3=O)O[C@@H]2CO)c1Cl. The van der Waals surface area contributed by atoms with Gasteiger partial charge >= 0.3 is 5.69 Å². The maximum atomic E-state index is 12.4. The maximum Gasteiger partial charge on any atom is 0.330 e. The Morgan fingerprint density at radius 3 is 2.65 bits per heavy atom. The molecule has 0 spiro atoms. The average Bonchev–Trinajstić information content (AvgIpc) is 3.29. The Kier molecular flexibility index (Phi) is 9.88. The first-order valence-electron chi connectivity index (χ1n) is 12.2. The van der Waals surface area contributed by atoms with Crippen molar-refractivity contribution in [3.05, 3.63) is 70.3 Å². The Morgan fingerprint density at radius 1 is 1.35 bits per heavy atom. The van der Waals surface area contributed by atoms with Crippen LogP contribution in [0.3, 0.4) is 0 Å². The molecule has 0 amide bonds. The average molecular weight is 614 g/mol. The topological polar surface area (TPSA) is 181 Å². The molecular weight excluding hydrogens is 583 g/mol. The van der Waals surface area contributed by atoms with Crippen LogP contribution in [-0.4, -0.2) is 54.3 Å². The molecule has 1 saturated heterocycles. The van der Waals surface area contributed by atoms with Gasteiger partial charge in [0.05, 0.1) is 35.0 Å². The summed E-state index contributed by atoms with van der Waals surface area (Å²) in [5.74, 6) is 0.209. The molecule has 0 bridgehead atoms. The van der Waals surface area contributed by atoms with Crippen LogP contribution in [0.15, 0.2) is 32.1 Å². The zero-order valence-corrected chi connectivity index (χ0v) is 25.1. The number of aromatic amines is 1. The molecule has 216 valence electrons. The van der Waals surface area contributed by atoms with Crippen LogP contribution in [0.4, 0.5) is 0 Å². The molecule has 1 aliphatic heterocycles. The molecule has 3 atom stereocenters. The standard InChI is InChI=1S/C24H30Cl2N6O7Si/c1-24(2,3)40(4,5)39-21-13(11-33)6-16(25)15(20(21)26)9-29-38-17-7-19(37-18(17)12-34)32-10-14(8-28-31-27)22(35)30-23(32)36/h6,9-11,17-19,34H,7-8,12H2,1-5H3,(H,30,35,36)/b29-9+/t17?,18-,19-/m1/s1. The van der Waals surface area contributed by atoms with Crippen LogP contribution < -0.4 is 15.7 Å². The lowest BCUT2D eigenvalue weighted by atomic mass is 10.1. The number of H-pyrrole nitrogens is 1. The van der Waals surface area contributed by atoms with Crippen LogP contribution in [0.25, 0.3) is 10.4 Å². The highest BCUT2D eigenvalue weighted by Crippen LogP contribution is 2.42. The van der Waals surface area contributed by atoms with Gasteiger partial charge in [0.1, 0.15) is 18.1 Å². The molecule has 1 aromatic heterocycles. The Hall–Kier alpha value is -3.13. The van der Waals surface area contributed by atoms with E-state index in [1.54, 1.807) is 0 Å². The number of hydrogen-bond donors (Lipinski definition) is 2. The van der Waals surface area contributed by atoms with E-state index in [0.717, 1.165) is 4.57 Å². The second-order valence-electron chi connectivity index (χ2n) is 10.6. The summed E-state index contributed by atoms with van der Waals surface area (Å²) >= 11 is 13.0. The summed E-state index contributed by atoms with van der Waals surface area (Å²) in [5.41, 5.74) is 7.63. The van der Waals surface area contributed by atoms with Crippen molar-refractivity contribution in [1.29, 1.82) is 0 Å². The number of ether oxygens (including phenoxy) is 1. The second-order valence-corrected chi connectivity index (χ2v) is 16.1. The van der Waals surface area contributed by atoms with Crippen molar-refractivity contribution in [2.24, 2.45) is 10.3 Å². The molecule has 16 heteroatoms. The number of rotatable bonds is 10. The van der Waals surface area contributed by atoms with Gasteiger partial charge < -0.3 is 19.1 Å². The van der Waals surface area contributed by atoms with Crippen molar-refractivity contribution < 1.29 is 23.9 Å².